The summed E-state index contributed by atoms with van der Waals surface area (Å²) in [6.07, 6.45) is 1.48. The van der Waals surface area contributed by atoms with Crippen LogP contribution in [-0.4, -0.2) is 16.6 Å². The number of fused-ring (bicyclic) bond motifs is 1. The van der Waals surface area contributed by atoms with E-state index in [4.69, 9.17) is 4.42 Å². The van der Waals surface area contributed by atoms with Crippen LogP contribution in [0.1, 0.15) is 16.7 Å². The zero-order chi connectivity index (χ0) is 21.6. The third-order valence-electron chi connectivity index (χ3n) is 5.04. The zero-order valence-corrected chi connectivity index (χ0v) is 18.1. The molecule has 0 fully saturated rings. The quantitative estimate of drug-likeness (QED) is 0.368. The molecule has 0 aliphatic carbocycles. The van der Waals surface area contributed by atoms with Crippen molar-refractivity contribution >= 4 is 28.6 Å². The van der Waals surface area contributed by atoms with Crippen LogP contribution in [0.15, 0.2) is 99.2 Å². The third kappa shape index (κ3) is 5.25. The van der Waals surface area contributed by atoms with E-state index in [0.717, 1.165) is 16.0 Å². The Morgan fingerprint density at radius 1 is 0.935 bits per heavy atom. The Balaban J connectivity index is 1.59. The van der Waals surface area contributed by atoms with Gasteiger partial charge in [-0.1, -0.05) is 60.2 Å². The average Bonchev–Trinajstić information content (AvgIpc) is 2.80. The van der Waals surface area contributed by atoms with E-state index in [2.05, 4.69) is 0 Å². The van der Waals surface area contributed by atoms with E-state index in [9.17, 15) is 9.59 Å². The molecule has 4 nitrogen and oxygen atoms in total. The molecule has 3 aromatic carbocycles. The highest BCUT2D eigenvalue weighted by Gasteiger charge is 2.18. The molecule has 4 aromatic rings. The molecule has 0 unspecified atom stereocenters. The van der Waals surface area contributed by atoms with E-state index in [-0.39, 0.29) is 17.9 Å². The van der Waals surface area contributed by atoms with Gasteiger partial charge in [0.25, 0.3) is 0 Å². The maximum Gasteiger partial charge on any atom is 0.233 e. The Bertz CT molecular complexity index is 1240. The number of nitrogens with zero attached hydrogens (tertiary/aromatic N) is 1. The zero-order valence-electron chi connectivity index (χ0n) is 17.3. The fourth-order valence-corrected chi connectivity index (χ4v) is 4.21. The predicted molar refractivity (Wildman–Crippen MR) is 125 cm³/mol. The first-order chi connectivity index (χ1) is 15.1. The maximum atomic E-state index is 13.1. The van der Waals surface area contributed by atoms with Crippen molar-refractivity contribution in [2.75, 3.05) is 5.75 Å². The van der Waals surface area contributed by atoms with Crippen LogP contribution in [0.25, 0.3) is 11.0 Å². The summed E-state index contributed by atoms with van der Waals surface area (Å²) < 4.78 is 5.70. The molecule has 31 heavy (non-hydrogen) atoms. The lowest BCUT2D eigenvalue weighted by molar-refractivity contribution is -0.129. The van der Waals surface area contributed by atoms with Gasteiger partial charge in [0, 0.05) is 11.4 Å². The highest BCUT2D eigenvalue weighted by atomic mass is 32.2. The van der Waals surface area contributed by atoms with Crippen LogP contribution in [0.3, 0.4) is 0 Å². The smallest absolute Gasteiger partial charge is 0.233 e. The average molecular weight is 430 g/mol. The number of rotatable bonds is 7. The highest BCUT2D eigenvalue weighted by molar-refractivity contribution is 8.00. The number of amides is 1. The summed E-state index contributed by atoms with van der Waals surface area (Å²) in [7, 11) is 0. The van der Waals surface area contributed by atoms with Crippen LogP contribution in [0.5, 0.6) is 0 Å². The molecule has 1 aromatic heterocycles. The first-order valence-corrected chi connectivity index (χ1v) is 11.1. The summed E-state index contributed by atoms with van der Waals surface area (Å²) in [5.74, 6) is 0.274. The minimum absolute atomic E-state index is 0.0264. The summed E-state index contributed by atoms with van der Waals surface area (Å²) in [6, 6.07) is 25.2. The standard InChI is InChI=1S/C26H23NO3S/c1-19-12-13-24-23(14-19)26(29)21(17-30-24)16-27(15-20-8-4-2-5-9-20)25(28)18-31-22-10-6-3-7-11-22/h2-14,17H,15-16,18H2,1H3. The molecule has 0 spiro atoms. The van der Waals surface area contributed by atoms with E-state index < -0.39 is 0 Å². The second kappa shape index (κ2) is 9.67. The summed E-state index contributed by atoms with van der Waals surface area (Å²) in [6.45, 7) is 2.58. The van der Waals surface area contributed by atoms with Gasteiger partial charge in [-0.05, 0) is 36.8 Å². The lowest BCUT2D eigenvalue weighted by Gasteiger charge is -2.22. The summed E-state index contributed by atoms with van der Waals surface area (Å²) in [5.41, 5.74) is 2.95. The SMILES string of the molecule is Cc1ccc2occ(CN(Cc3ccccc3)C(=O)CSc3ccccc3)c(=O)c2c1. The Morgan fingerprint density at radius 2 is 1.65 bits per heavy atom. The Hall–Kier alpha value is -3.31. The van der Waals surface area contributed by atoms with Crippen LogP contribution in [0, 0.1) is 6.92 Å². The third-order valence-corrected chi connectivity index (χ3v) is 6.03. The van der Waals surface area contributed by atoms with E-state index in [0.29, 0.717) is 28.8 Å². The molecule has 5 heteroatoms. The van der Waals surface area contributed by atoms with Crippen molar-refractivity contribution < 1.29 is 9.21 Å². The number of thioether (sulfide) groups is 1. The van der Waals surface area contributed by atoms with E-state index in [1.807, 2.05) is 79.7 Å². The van der Waals surface area contributed by atoms with Crippen LogP contribution in [-0.2, 0) is 17.9 Å². The molecule has 0 aliphatic heterocycles. The number of carbonyl (C=O) groups excluding carboxylic acids is 1. The topological polar surface area (TPSA) is 50.5 Å². The van der Waals surface area contributed by atoms with Crippen molar-refractivity contribution in [2.45, 2.75) is 24.9 Å². The molecule has 0 aliphatic rings. The lowest BCUT2D eigenvalue weighted by Crippen LogP contribution is -2.33. The molecular weight excluding hydrogens is 406 g/mol. The van der Waals surface area contributed by atoms with Crippen molar-refractivity contribution in [1.82, 2.24) is 4.90 Å². The van der Waals surface area contributed by atoms with Crippen LogP contribution >= 0.6 is 11.8 Å². The molecule has 0 saturated carbocycles. The monoisotopic (exact) mass is 429 g/mol. The molecular formula is C26H23NO3S. The fourth-order valence-electron chi connectivity index (χ4n) is 3.39. The van der Waals surface area contributed by atoms with Gasteiger partial charge in [0.2, 0.25) is 5.91 Å². The Kier molecular flexibility index (Phi) is 6.53. The molecule has 4 rings (SSSR count). The minimum Gasteiger partial charge on any atom is -0.464 e. The van der Waals surface area contributed by atoms with Crippen molar-refractivity contribution in [1.29, 1.82) is 0 Å². The molecule has 156 valence electrons. The van der Waals surface area contributed by atoms with Gasteiger partial charge in [0.1, 0.15) is 5.58 Å². The first-order valence-electron chi connectivity index (χ1n) is 10.1. The minimum atomic E-state index is -0.0912. The van der Waals surface area contributed by atoms with Crippen molar-refractivity contribution in [3.05, 3.63) is 112 Å². The molecule has 0 radical (unpaired) electrons. The highest BCUT2D eigenvalue weighted by Crippen LogP contribution is 2.20. The van der Waals surface area contributed by atoms with Gasteiger partial charge in [-0.15, -0.1) is 11.8 Å². The van der Waals surface area contributed by atoms with Crippen LogP contribution in [0.2, 0.25) is 0 Å². The van der Waals surface area contributed by atoms with E-state index >= 15 is 0 Å². The van der Waals surface area contributed by atoms with Gasteiger partial charge in [-0.3, -0.25) is 9.59 Å². The maximum absolute atomic E-state index is 13.1. The summed E-state index contributed by atoms with van der Waals surface area (Å²) >= 11 is 1.49. The number of hydrogen-bond acceptors (Lipinski definition) is 4. The molecule has 0 saturated heterocycles. The van der Waals surface area contributed by atoms with Crippen molar-refractivity contribution in [2.24, 2.45) is 0 Å². The summed E-state index contributed by atoms with van der Waals surface area (Å²) in [5, 5.41) is 0.545. The van der Waals surface area contributed by atoms with Gasteiger partial charge >= 0.3 is 0 Å². The predicted octanol–water partition coefficient (Wildman–Crippen LogP) is 5.42. The number of hydrogen-bond donors (Lipinski definition) is 0. The Morgan fingerprint density at radius 3 is 2.39 bits per heavy atom. The Labute approximate surface area is 185 Å². The van der Waals surface area contributed by atoms with Gasteiger partial charge in [0.15, 0.2) is 5.43 Å². The second-order valence-electron chi connectivity index (χ2n) is 7.43. The molecule has 1 amide bonds. The van der Waals surface area contributed by atoms with Crippen molar-refractivity contribution in [3.63, 3.8) is 0 Å². The normalized spacial score (nSPS) is 10.9. The molecule has 0 atom stereocenters. The molecule has 0 N–H and O–H groups in total. The van der Waals surface area contributed by atoms with Crippen LogP contribution in [0.4, 0.5) is 0 Å². The van der Waals surface area contributed by atoms with Gasteiger partial charge < -0.3 is 9.32 Å². The lowest BCUT2D eigenvalue weighted by atomic mass is 10.1. The van der Waals surface area contributed by atoms with E-state index in [1.54, 1.807) is 11.0 Å². The van der Waals surface area contributed by atoms with Gasteiger partial charge in [-0.25, -0.2) is 0 Å². The number of aryl methyl sites for hydroxylation is 1. The van der Waals surface area contributed by atoms with Crippen LogP contribution < -0.4 is 5.43 Å². The number of carbonyl (C=O) groups is 1. The number of benzene rings is 3. The molecule has 1 heterocycles. The van der Waals surface area contributed by atoms with Crippen molar-refractivity contribution in [3.8, 4) is 0 Å². The summed E-state index contributed by atoms with van der Waals surface area (Å²) in [4.78, 5) is 29.0. The van der Waals surface area contributed by atoms with E-state index in [1.165, 1.54) is 18.0 Å². The second-order valence-corrected chi connectivity index (χ2v) is 8.48. The first kappa shape index (κ1) is 20.9. The van der Waals surface area contributed by atoms with Gasteiger partial charge in [0.05, 0.1) is 29.5 Å². The fraction of sp³-hybridized carbons (Fsp3) is 0.154. The van der Waals surface area contributed by atoms with Gasteiger partial charge in [-0.2, -0.15) is 0 Å². The largest absolute Gasteiger partial charge is 0.464 e. The molecule has 0 bridgehead atoms.